The quantitative estimate of drug-likeness (QED) is 0.396. The molecule has 0 saturated carbocycles. The van der Waals surface area contributed by atoms with Crippen molar-refractivity contribution in [1.29, 1.82) is 0 Å². The van der Waals surface area contributed by atoms with Crippen molar-refractivity contribution in [3.05, 3.63) is 33.9 Å². The van der Waals surface area contributed by atoms with Gasteiger partial charge in [-0.25, -0.2) is 0 Å². The highest BCUT2D eigenvalue weighted by Gasteiger charge is 2.21. The van der Waals surface area contributed by atoms with Crippen molar-refractivity contribution in [3.8, 4) is 0 Å². The van der Waals surface area contributed by atoms with E-state index in [-0.39, 0.29) is 23.0 Å². The van der Waals surface area contributed by atoms with Crippen LogP contribution in [0.5, 0.6) is 0 Å². The molecular weight excluding hydrogens is 284 g/mol. The molecule has 1 rings (SSSR count). The Bertz CT molecular complexity index is 549. The van der Waals surface area contributed by atoms with Crippen molar-refractivity contribution in [2.75, 3.05) is 17.4 Å². The number of benzene rings is 1. The average molecular weight is 300 g/mol. The molecule has 0 aliphatic carbocycles. The molecule has 0 heterocycles. The molecule has 2 atom stereocenters. The Morgan fingerprint density at radius 3 is 2.70 bits per heavy atom. The molecule has 1 amide bonds. The number of nitrogens with one attached hydrogen (secondary N) is 2. The molecule has 0 saturated heterocycles. The summed E-state index contributed by atoms with van der Waals surface area (Å²) in [6, 6.07) is 3.75. The lowest BCUT2D eigenvalue weighted by atomic mass is 10.1. The lowest BCUT2D eigenvalue weighted by Gasteiger charge is -2.14. The second kappa shape index (κ2) is 6.96. The van der Waals surface area contributed by atoms with Gasteiger partial charge >= 0.3 is 0 Å². The number of para-hydroxylation sites is 1. The van der Waals surface area contributed by atoms with E-state index >= 15 is 0 Å². The van der Waals surface area contributed by atoms with Gasteiger partial charge in [-0.15, -0.1) is 0 Å². The smallest absolute Gasteiger partial charge is 0.294 e. The Hall–Kier alpha value is -2.00. The first-order chi connectivity index (χ1) is 9.36. The number of carbonyl (C=O) groups is 1. The fourth-order valence-corrected chi connectivity index (χ4v) is 2.52. The van der Waals surface area contributed by atoms with Gasteiger partial charge in [0, 0.05) is 34.9 Å². The molecule has 1 aromatic carbocycles. The number of hydrogen-bond donors (Lipinski definition) is 3. The van der Waals surface area contributed by atoms with Crippen LogP contribution in [0.15, 0.2) is 18.2 Å². The second-order valence-corrected chi connectivity index (χ2v) is 5.70. The molecule has 2 unspecified atom stereocenters. The number of nitro groups is 1. The van der Waals surface area contributed by atoms with Gasteiger partial charge in [-0.2, -0.15) is 0 Å². The first kappa shape index (κ1) is 16.1. The first-order valence-corrected chi connectivity index (χ1v) is 7.44. The standard InChI is InChI=1S/C11H16N4O4S/c1-7(6-20(2)19)13-11(16)8-4-3-5-9(15(17)18)10(8)14-12/h3-5,7,14H,6,12H2,1-2H3,(H,13,16). The SMILES string of the molecule is CC(CS(C)=O)NC(=O)c1cccc([N+](=O)[O-])c1NN. The third-order valence-corrected chi connectivity index (χ3v) is 3.46. The third-order valence-electron chi connectivity index (χ3n) is 2.49. The number of nitrogens with zero attached hydrogens (tertiary/aromatic N) is 1. The number of nitrogen functional groups attached to an aromatic ring is 1. The van der Waals surface area contributed by atoms with Gasteiger partial charge in [0.05, 0.1) is 10.5 Å². The van der Waals surface area contributed by atoms with Crippen LogP contribution in [0.2, 0.25) is 0 Å². The van der Waals surface area contributed by atoms with E-state index in [1.807, 2.05) is 0 Å². The zero-order valence-electron chi connectivity index (χ0n) is 11.1. The Balaban J connectivity index is 3.01. The maximum atomic E-state index is 12.1. The van der Waals surface area contributed by atoms with Crippen LogP contribution >= 0.6 is 0 Å². The van der Waals surface area contributed by atoms with Crippen LogP contribution in [-0.4, -0.2) is 33.1 Å². The van der Waals surface area contributed by atoms with Gasteiger partial charge in [0.25, 0.3) is 11.6 Å². The number of carbonyl (C=O) groups excluding carboxylic acids is 1. The number of hydrogen-bond acceptors (Lipinski definition) is 6. The Morgan fingerprint density at radius 1 is 1.55 bits per heavy atom. The van der Waals surface area contributed by atoms with E-state index in [1.165, 1.54) is 24.5 Å². The molecule has 110 valence electrons. The summed E-state index contributed by atoms with van der Waals surface area (Å²) in [5.41, 5.74) is 1.90. The summed E-state index contributed by atoms with van der Waals surface area (Å²) in [4.78, 5) is 22.3. The number of nitrogens with two attached hydrogens (primary N) is 1. The highest BCUT2D eigenvalue weighted by molar-refractivity contribution is 7.84. The van der Waals surface area contributed by atoms with Crippen LogP contribution in [0, 0.1) is 10.1 Å². The molecule has 0 bridgehead atoms. The Morgan fingerprint density at radius 2 is 2.20 bits per heavy atom. The van der Waals surface area contributed by atoms with Crippen LogP contribution in [0.3, 0.4) is 0 Å². The molecular formula is C11H16N4O4S. The minimum absolute atomic E-state index is 0.0557. The first-order valence-electron chi connectivity index (χ1n) is 5.71. The minimum atomic E-state index is -1.05. The van der Waals surface area contributed by atoms with Crippen molar-refractivity contribution < 1.29 is 13.9 Å². The van der Waals surface area contributed by atoms with Crippen molar-refractivity contribution in [1.82, 2.24) is 5.32 Å². The topological polar surface area (TPSA) is 127 Å². The van der Waals surface area contributed by atoms with Crippen LogP contribution in [0.4, 0.5) is 11.4 Å². The van der Waals surface area contributed by atoms with Crippen molar-refractivity contribution in [3.63, 3.8) is 0 Å². The van der Waals surface area contributed by atoms with Gasteiger partial charge < -0.3 is 10.7 Å². The van der Waals surface area contributed by atoms with Crippen molar-refractivity contribution in [2.24, 2.45) is 5.84 Å². The third kappa shape index (κ3) is 4.00. The molecule has 0 radical (unpaired) electrons. The predicted octanol–water partition coefficient (Wildman–Crippen LogP) is 0.377. The number of amides is 1. The summed E-state index contributed by atoms with van der Waals surface area (Å²) < 4.78 is 11.1. The van der Waals surface area contributed by atoms with E-state index in [2.05, 4.69) is 10.7 Å². The highest BCUT2D eigenvalue weighted by atomic mass is 32.2. The monoisotopic (exact) mass is 300 g/mol. The largest absolute Gasteiger partial charge is 0.349 e. The van der Waals surface area contributed by atoms with Crippen molar-refractivity contribution >= 4 is 28.1 Å². The van der Waals surface area contributed by atoms with E-state index in [1.54, 1.807) is 6.92 Å². The predicted molar refractivity (Wildman–Crippen MR) is 76.8 cm³/mol. The molecule has 0 aromatic heterocycles. The van der Waals surface area contributed by atoms with Crippen LogP contribution in [-0.2, 0) is 10.8 Å². The molecule has 8 nitrogen and oxygen atoms in total. The number of nitro benzene ring substituents is 1. The molecule has 4 N–H and O–H groups in total. The van der Waals surface area contributed by atoms with E-state index in [0.29, 0.717) is 5.75 Å². The summed E-state index contributed by atoms with van der Waals surface area (Å²) >= 11 is 0. The van der Waals surface area contributed by atoms with Gasteiger partial charge in [-0.05, 0) is 13.0 Å². The van der Waals surface area contributed by atoms with Gasteiger partial charge in [0.15, 0.2) is 0 Å². The van der Waals surface area contributed by atoms with Gasteiger partial charge in [0.2, 0.25) is 0 Å². The molecule has 0 aliphatic heterocycles. The van der Waals surface area contributed by atoms with E-state index in [9.17, 15) is 19.1 Å². The summed E-state index contributed by atoms with van der Waals surface area (Å²) in [7, 11) is -1.05. The fraction of sp³-hybridized carbons (Fsp3) is 0.364. The number of hydrazine groups is 1. The summed E-state index contributed by atoms with van der Waals surface area (Å²) in [6.07, 6.45) is 1.53. The molecule has 20 heavy (non-hydrogen) atoms. The zero-order chi connectivity index (χ0) is 15.3. The van der Waals surface area contributed by atoms with Gasteiger partial charge in [-0.3, -0.25) is 25.0 Å². The van der Waals surface area contributed by atoms with E-state index in [4.69, 9.17) is 5.84 Å². The maximum absolute atomic E-state index is 12.1. The Labute approximate surface area is 118 Å². The van der Waals surface area contributed by atoms with Crippen LogP contribution in [0.25, 0.3) is 0 Å². The summed E-state index contributed by atoms with van der Waals surface area (Å²) in [6.45, 7) is 1.70. The average Bonchev–Trinajstić information content (AvgIpc) is 2.36. The van der Waals surface area contributed by atoms with E-state index in [0.717, 1.165) is 0 Å². The van der Waals surface area contributed by atoms with Gasteiger partial charge in [0.1, 0.15) is 5.69 Å². The fourth-order valence-electron chi connectivity index (χ4n) is 1.73. The molecule has 1 aromatic rings. The highest BCUT2D eigenvalue weighted by Crippen LogP contribution is 2.27. The lowest BCUT2D eigenvalue weighted by Crippen LogP contribution is -2.36. The molecule has 0 fully saturated rings. The van der Waals surface area contributed by atoms with Crippen LogP contribution in [0.1, 0.15) is 17.3 Å². The molecule has 0 spiro atoms. The van der Waals surface area contributed by atoms with Crippen molar-refractivity contribution in [2.45, 2.75) is 13.0 Å². The number of rotatable bonds is 6. The molecule has 0 aliphatic rings. The van der Waals surface area contributed by atoms with E-state index < -0.39 is 21.6 Å². The van der Waals surface area contributed by atoms with Crippen LogP contribution < -0.4 is 16.6 Å². The summed E-state index contributed by atoms with van der Waals surface area (Å²) in [5, 5.41) is 13.5. The van der Waals surface area contributed by atoms with Gasteiger partial charge in [-0.1, -0.05) is 6.07 Å². The minimum Gasteiger partial charge on any atom is -0.349 e. The molecule has 9 heteroatoms. The normalized spacial score (nSPS) is 13.3. The zero-order valence-corrected chi connectivity index (χ0v) is 11.9. The second-order valence-electron chi connectivity index (χ2n) is 4.22. The maximum Gasteiger partial charge on any atom is 0.294 e. The lowest BCUT2D eigenvalue weighted by molar-refractivity contribution is -0.384. The Kier molecular flexibility index (Phi) is 5.59. The summed E-state index contributed by atoms with van der Waals surface area (Å²) in [5.74, 6) is 5.04. The number of anilines is 1.